The number of furan rings is 2. The number of hydrogen-bond donors (Lipinski definition) is 0. The molecule has 13 rings (SSSR count). The number of hydrogen-bond acceptors (Lipinski definition) is 4. The molecule has 2 heterocycles. The molecule has 0 aliphatic heterocycles. The number of benzene rings is 10. The molecule has 1 aliphatic carbocycles. The van der Waals surface area contributed by atoms with E-state index >= 15 is 0 Å². The molecule has 0 saturated heterocycles. The first-order chi connectivity index (χ1) is 33.0. The quantitative estimate of drug-likeness (QED) is 0.167. The van der Waals surface area contributed by atoms with E-state index in [-0.39, 0.29) is 10.8 Å². The molecule has 0 fully saturated rings. The van der Waals surface area contributed by atoms with E-state index in [0.717, 1.165) is 78.0 Å². The summed E-state index contributed by atoms with van der Waals surface area (Å²) in [5.74, 6) is 0. The normalized spacial score (nSPS) is 12.6. The fourth-order valence-corrected chi connectivity index (χ4v) is 10.9. The summed E-state index contributed by atoms with van der Waals surface area (Å²) in [5.41, 5.74) is 17.5. The second-order valence-corrected chi connectivity index (χ2v) is 20.6. The van der Waals surface area contributed by atoms with E-state index in [4.69, 9.17) is 8.83 Å². The minimum Gasteiger partial charge on any atom is -0.454 e. The molecule has 0 radical (unpaired) electrons. The summed E-state index contributed by atoms with van der Waals surface area (Å²) >= 11 is 0. The first kappa shape index (κ1) is 40.2. The zero-order chi connectivity index (χ0) is 46.1. The molecular weight excluding hydrogens is 829 g/mol. The van der Waals surface area contributed by atoms with Crippen LogP contribution in [-0.4, -0.2) is 0 Å². The highest BCUT2D eigenvalue weighted by atomic mass is 16.3. The van der Waals surface area contributed by atoms with Crippen LogP contribution in [0.15, 0.2) is 203 Å². The Morgan fingerprint density at radius 3 is 1.09 bits per heavy atom. The zero-order valence-corrected chi connectivity index (χ0v) is 39.2. The van der Waals surface area contributed by atoms with Gasteiger partial charge in [-0.15, -0.1) is 0 Å². The van der Waals surface area contributed by atoms with E-state index < -0.39 is 0 Å². The van der Waals surface area contributed by atoms with E-state index in [2.05, 4.69) is 233 Å². The molecule has 1 aliphatic rings. The van der Waals surface area contributed by atoms with Gasteiger partial charge in [0.2, 0.25) is 0 Å². The van der Waals surface area contributed by atoms with Crippen LogP contribution < -0.4 is 9.80 Å². The van der Waals surface area contributed by atoms with Crippen molar-refractivity contribution < 1.29 is 8.83 Å². The second kappa shape index (κ2) is 14.7. The van der Waals surface area contributed by atoms with Crippen molar-refractivity contribution in [1.82, 2.24) is 0 Å². The van der Waals surface area contributed by atoms with Gasteiger partial charge in [-0.1, -0.05) is 151 Å². The summed E-state index contributed by atoms with van der Waals surface area (Å²) in [6, 6.07) is 70.7. The van der Waals surface area contributed by atoms with Crippen molar-refractivity contribution in [2.75, 3.05) is 9.80 Å². The van der Waals surface area contributed by atoms with Crippen molar-refractivity contribution in [3.05, 3.63) is 205 Å². The van der Waals surface area contributed by atoms with Crippen LogP contribution in [0, 0.1) is 0 Å². The Balaban J connectivity index is 0.937. The number of fused-ring (bicyclic) bond motifs is 12. The molecule has 12 aromatic rings. The molecule has 4 heteroatoms. The molecular formula is C64H50N2O2. The Hall–Kier alpha value is -8.08. The molecule has 10 aromatic carbocycles. The lowest BCUT2D eigenvalue weighted by molar-refractivity contribution is 0.590. The number of rotatable bonds is 6. The van der Waals surface area contributed by atoms with Crippen LogP contribution in [0.4, 0.5) is 34.1 Å². The second-order valence-electron chi connectivity index (χ2n) is 20.6. The van der Waals surface area contributed by atoms with Crippen molar-refractivity contribution in [3.63, 3.8) is 0 Å². The molecule has 68 heavy (non-hydrogen) atoms. The largest absolute Gasteiger partial charge is 0.454 e. The molecule has 0 amide bonds. The maximum atomic E-state index is 6.70. The minimum atomic E-state index is -0.0958. The maximum absolute atomic E-state index is 6.70. The van der Waals surface area contributed by atoms with Crippen molar-refractivity contribution in [3.8, 4) is 22.3 Å². The van der Waals surface area contributed by atoms with E-state index in [9.17, 15) is 0 Å². The standard InChI is InChI=1S/C64H50N2O2/c1-63(2,3)53-21-9-11-23-55(53)65(57-25-15-19-47-45-17-7-13-27-59(45)67-61(47)57)43-31-29-39-35-49-51(37-41(39)33-43)50-36-40-30-32-44(34-42(40)38-52(49)50)66(56-24-12-10-22-54(56)64(4,5)6)58-26-16-20-48-46-18-8-14-28-60(46)68-62(48)58/h7-38H,1-6H3. The van der Waals surface area contributed by atoms with Gasteiger partial charge >= 0.3 is 0 Å². The van der Waals surface area contributed by atoms with Gasteiger partial charge in [0.25, 0.3) is 0 Å². The fourth-order valence-electron chi connectivity index (χ4n) is 10.9. The van der Waals surface area contributed by atoms with Crippen LogP contribution in [0.1, 0.15) is 52.7 Å². The van der Waals surface area contributed by atoms with Crippen molar-refractivity contribution in [2.24, 2.45) is 0 Å². The first-order valence-electron chi connectivity index (χ1n) is 23.7. The smallest absolute Gasteiger partial charge is 0.159 e. The summed E-state index contributed by atoms with van der Waals surface area (Å²) in [6.45, 7) is 13.7. The lowest BCUT2D eigenvalue weighted by atomic mass is 9.78. The van der Waals surface area contributed by atoms with E-state index in [1.54, 1.807) is 0 Å². The van der Waals surface area contributed by atoms with Gasteiger partial charge in [-0.25, -0.2) is 0 Å². The third kappa shape index (κ3) is 6.20. The molecule has 328 valence electrons. The van der Waals surface area contributed by atoms with Crippen LogP contribution in [0.2, 0.25) is 0 Å². The Morgan fingerprint density at radius 1 is 0.309 bits per heavy atom. The average molecular weight is 879 g/mol. The van der Waals surface area contributed by atoms with Crippen LogP contribution >= 0.6 is 0 Å². The number of nitrogens with zero attached hydrogens (tertiary/aromatic N) is 2. The minimum absolute atomic E-state index is 0.0958. The summed E-state index contributed by atoms with van der Waals surface area (Å²) < 4.78 is 13.4. The summed E-state index contributed by atoms with van der Waals surface area (Å²) in [4.78, 5) is 4.81. The highest BCUT2D eigenvalue weighted by molar-refractivity contribution is 6.15. The van der Waals surface area contributed by atoms with Crippen LogP contribution in [0.25, 0.3) is 87.7 Å². The Labute approximate surface area is 396 Å². The van der Waals surface area contributed by atoms with Crippen molar-refractivity contribution in [1.29, 1.82) is 0 Å². The molecule has 0 N–H and O–H groups in total. The van der Waals surface area contributed by atoms with Gasteiger partial charge in [0.1, 0.15) is 11.2 Å². The van der Waals surface area contributed by atoms with Gasteiger partial charge in [0, 0.05) is 44.3 Å². The van der Waals surface area contributed by atoms with Gasteiger partial charge in [-0.2, -0.15) is 0 Å². The van der Waals surface area contributed by atoms with Crippen LogP contribution in [0.3, 0.4) is 0 Å². The zero-order valence-electron chi connectivity index (χ0n) is 39.2. The van der Waals surface area contributed by atoms with Gasteiger partial charge < -0.3 is 18.6 Å². The molecule has 0 unspecified atom stereocenters. The predicted octanol–water partition coefficient (Wildman–Crippen LogP) is 19.0. The molecule has 0 atom stereocenters. The molecule has 4 nitrogen and oxygen atoms in total. The highest BCUT2D eigenvalue weighted by Crippen LogP contribution is 2.53. The highest BCUT2D eigenvalue weighted by Gasteiger charge is 2.29. The third-order valence-corrected chi connectivity index (χ3v) is 14.2. The molecule has 0 saturated carbocycles. The Bertz CT molecular complexity index is 3750. The number of para-hydroxylation sites is 6. The molecule has 2 aromatic heterocycles. The van der Waals surface area contributed by atoms with Gasteiger partial charge in [0.05, 0.1) is 11.4 Å². The predicted molar refractivity (Wildman–Crippen MR) is 287 cm³/mol. The summed E-state index contributed by atoms with van der Waals surface area (Å²) in [5, 5.41) is 9.29. The molecule has 0 spiro atoms. The number of anilines is 6. The average Bonchev–Trinajstić information content (AvgIpc) is 3.93. The van der Waals surface area contributed by atoms with Crippen molar-refractivity contribution >= 4 is 99.5 Å². The Morgan fingerprint density at radius 2 is 0.662 bits per heavy atom. The topological polar surface area (TPSA) is 32.8 Å². The fraction of sp³-hybridized carbons (Fsp3) is 0.125. The summed E-state index contributed by atoms with van der Waals surface area (Å²) in [6.07, 6.45) is 0. The SMILES string of the molecule is CC(C)(C)c1ccccc1N(c1ccc2cc3c(cc2c1)-c1cc2ccc(N(c4ccccc4C(C)(C)C)c4cccc5c4oc4ccccc45)cc2cc1-3)c1cccc2c1oc1ccccc12. The van der Waals surface area contributed by atoms with Crippen LogP contribution in [-0.2, 0) is 10.8 Å². The van der Waals surface area contributed by atoms with Gasteiger partial charge in [-0.05, 0) is 151 Å². The van der Waals surface area contributed by atoms with E-state index in [1.165, 1.54) is 54.9 Å². The summed E-state index contributed by atoms with van der Waals surface area (Å²) in [7, 11) is 0. The van der Waals surface area contributed by atoms with Crippen molar-refractivity contribution in [2.45, 2.75) is 52.4 Å². The third-order valence-electron chi connectivity index (χ3n) is 14.2. The van der Waals surface area contributed by atoms with E-state index in [0.29, 0.717) is 0 Å². The lowest BCUT2D eigenvalue weighted by Crippen LogP contribution is -2.19. The maximum Gasteiger partial charge on any atom is 0.159 e. The van der Waals surface area contributed by atoms with Gasteiger partial charge in [-0.3, -0.25) is 0 Å². The molecule has 0 bridgehead atoms. The van der Waals surface area contributed by atoms with Crippen LogP contribution in [0.5, 0.6) is 0 Å². The van der Waals surface area contributed by atoms with Gasteiger partial charge in [0.15, 0.2) is 11.2 Å². The monoisotopic (exact) mass is 878 g/mol. The Kier molecular flexibility index (Phi) is 8.70. The van der Waals surface area contributed by atoms with E-state index in [1.807, 2.05) is 12.1 Å². The first-order valence-corrected chi connectivity index (χ1v) is 23.7. The lowest BCUT2D eigenvalue weighted by Gasteiger charge is -2.32.